The molecule has 36 heavy (non-hydrogen) atoms. The summed E-state index contributed by atoms with van der Waals surface area (Å²) in [5.74, 6) is 0. The van der Waals surface area contributed by atoms with E-state index in [1.165, 1.54) is 11.1 Å². The van der Waals surface area contributed by atoms with Gasteiger partial charge in [0.05, 0.1) is 29.0 Å². The fourth-order valence-corrected chi connectivity index (χ4v) is 4.98. The minimum absolute atomic E-state index is 0.638. The van der Waals surface area contributed by atoms with Crippen LogP contribution in [0.5, 0.6) is 0 Å². The van der Waals surface area contributed by atoms with Gasteiger partial charge in [-0.1, -0.05) is 60.7 Å². The van der Waals surface area contributed by atoms with Crippen molar-refractivity contribution in [2.24, 2.45) is 0 Å². The van der Waals surface area contributed by atoms with Crippen molar-refractivity contribution in [3.8, 4) is 23.4 Å². The number of nitrogens with zero attached hydrogens (tertiary/aromatic N) is 4. The number of rotatable bonds is 5. The van der Waals surface area contributed by atoms with Gasteiger partial charge in [0.2, 0.25) is 0 Å². The third kappa shape index (κ3) is 3.82. The lowest BCUT2D eigenvalue weighted by Crippen LogP contribution is -2.01. The molecule has 6 rings (SSSR count). The minimum Gasteiger partial charge on any atom is -0.342 e. The zero-order valence-electron chi connectivity index (χ0n) is 19.6. The maximum Gasteiger partial charge on any atom is 0.0991 e. The van der Waals surface area contributed by atoms with Gasteiger partial charge < -0.3 is 9.13 Å². The van der Waals surface area contributed by atoms with Crippen LogP contribution >= 0.6 is 0 Å². The Morgan fingerprint density at radius 1 is 0.611 bits per heavy atom. The fraction of sp³-hybridized carbons (Fsp3) is 0.0625. The van der Waals surface area contributed by atoms with Gasteiger partial charge in [-0.05, 0) is 53.6 Å². The summed E-state index contributed by atoms with van der Waals surface area (Å²) in [7, 11) is 0. The molecule has 0 N–H and O–H groups in total. The Labute approximate surface area is 209 Å². The topological polar surface area (TPSA) is 57.4 Å². The van der Waals surface area contributed by atoms with Crippen LogP contribution in [-0.2, 0) is 13.1 Å². The third-order valence-corrected chi connectivity index (χ3v) is 6.70. The van der Waals surface area contributed by atoms with E-state index in [0.717, 1.165) is 39.6 Å². The highest BCUT2D eigenvalue weighted by atomic mass is 15.0. The van der Waals surface area contributed by atoms with Crippen LogP contribution in [0.1, 0.15) is 22.3 Å². The molecule has 0 fully saturated rings. The summed E-state index contributed by atoms with van der Waals surface area (Å²) in [6.45, 7) is 1.44. The van der Waals surface area contributed by atoms with Crippen molar-refractivity contribution in [1.82, 2.24) is 9.13 Å². The highest BCUT2D eigenvalue weighted by Gasteiger charge is 2.18. The number of nitriles is 2. The molecule has 0 spiro atoms. The average Bonchev–Trinajstić information content (AvgIpc) is 3.46. The van der Waals surface area contributed by atoms with Crippen LogP contribution in [0.2, 0.25) is 0 Å². The molecule has 0 saturated carbocycles. The molecule has 0 aliphatic rings. The van der Waals surface area contributed by atoms with Crippen LogP contribution in [-0.4, -0.2) is 9.13 Å². The van der Waals surface area contributed by atoms with E-state index in [4.69, 9.17) is 0 Å². The molecule has 0 bridgehead atoms. The van der Waals surface area contributed by atoms with Crippen molar-refractivity contribution >= 4 is 21.8 Å². The molecule has 4 heteroatoms. The molecule has 0 atom stereocenters. The molecule has 0 saturated heterocycles. The highest BCUT2D eigenvalue weighted by molar-refractivity contribution is 5.99. The molecule has 0 amide bonds. The molecule has 2 aromatic heterocycles. The van der Waals surface area contributed by atoms with Crippen LogP contribution in [0, 0.1) is 22.7 Å². The van der Waals surface area contributed by atoms with Gasteiger partial charge in [0.15, 0.2) is 0 Å². The molecule has 4 nitrogen and oxygen atoms in total. The maximum absolute atomic E-state index is 9.63. The summed E-state index contributed by atoms with van der Waals surface area (Å²) in [4.78, 5) is 0. The Bertz CT molecular complexity index is 1790. The Morgan fingerprint density at radius 2 is 1.22 bits per heavy atom. The molecule has 0 unspecified atom stereocenters. The first kappa shape index (κ1) is 21.5. The third-order valence-electron chi connectivity index (χ3n) is 6.70. The lowest BCUT2D eigenvalue weighted by Gasteiger charge is -2.11. The van der Waals surface area contributed by atoms with Gasteiger partial charge in [-0.3, -0.25) is 0 Å². The van der Waals surface area contributed by atoms with Crippen molar-refractivity contribution in [1.29, 1.82) is 10.5 Å². The second kappa shape index (κ2) is 8.95. The van der Waals surface area contributed by atoms with Gasteiger partial charge in [-0.2, -0.15) is 10.5 Å². The number of fused-ring (bicyclic) bond motifs is 2. The molecule has 0 aliphatic heterocycles. The predicted molar refractivity (Wildman–Crippen MR) is 143 cm³/mol. The molecule has 170 valence electrons. The van der Waals surface area contributed by atoms with Crippen LogP contribution in [0.15, 0.2) is 109 Å². The quantitative estimate of drug-likeness (QED) is 0.274. The Morgan fingerprint density at radius 3 is 1.89 bits per heavy atom. The SMILES string of the molecule is N#Cc1ccc2c(c1)cc(-c1cn(Cc3ccccc3)c3ccc(C#N)cc13)n2Cc1ccccc1. The summed E-state index contributed by atoms with van der Waals surface area (Å²) in [6.07, 6.45) is 2.19. The van der Waals surface area contributed by atoms with Gasteiger partial charge in [0.1, 0.15) is 0 Å². The van der Waals surface area contributed by atoms with E-state index in [1.54, 1.807) is 0 Å². The van der Waals surface area contributed by atoms with Crippen molar-refractivity contribution in [2.75, 3.05) is 0 Å². The van der Waals surface area contributed by atoms with Crippen molar-refractivity contribution < 1.29 is 0 Å². The summed E-state index contributed by atoms with van der Waals surface area (Å²) < 4.78 is 4.57. The van der Waals surface area contributed by atoms with E-state index in [9.17, 15) is 10.5 Å². The lowest BCUT2D eigenvalue weighted by atomic mass is 10.1. The smallest absolute Gasteiger partial charge is 0.0991 e. The predicted octanol–water partition coefficient (Wildman–Crippen LogP) is 7.10. The van der Waals surface area contributed by atoms with Crippen molar-refractivity contribution in [3.05, 3.63) is 132 Å². The largest absolute Gasteiger partial charge is 0.342 e. The van der Waals surface area contributed by atoms with E-state index in [2.05, 4.69) is 82.1 Å². The van der Waals surface area contributed by atoms with Crippen LogP contribution < -0.4 is 0 Å². The first-order valence-electron chi connectivity index (χ1n) is 11.9. The normalized spacial score (nSPS) is 10.9. The number of aromatic nitrogens is 2. The van der Waals surface area contributed by atoms with E-state index >= 15 is 0 Å². The van der Waals surface area contributed by atoms with Crippen molar-refractivity contribution in [3.63, 3.8) is 0 Å². The Hall–Kier alpha value is -5.06. The lowest BCUT2D eigenvalue weighted by molar-refractivity contribution is 0.829. The first-order chi connectivity index (χ1) is 17.7. The Balaban J connectivity index is 1.60. The van der Waals surface area contributed by atoms with E-state index in [1.807, 2.05) is 48.5 Å². The molecule has 0 aliphatic carbocycles. The summed E-state index contributed by atoms with van der Waals surface area (Å²) in [5.41, 5.74) is 8.00. The zero-order chi connectivity index (χ0) is 24.5. The summed E-state index contributed by atoms with van der Waals surface area (Å²) >= 11 is 0. The molecular weight excluding hydrogens is 440 g/mol. The standard InChI is InChI=1S/C32H22N4/c33-18-25-11-13-30-27(15-25)17-32(36(30)21-24-9-5-2-6-10-24)29-22-35(20-23-7-3-1-4-8-23)31-14-12-26(19-34)16-28(29)31/h1-17,22H,20-21H2. The second-order valence-electron chi connectivity index (χ2n) is 8.99. The summed E-state index contributed by atoms with van der Waals surface area (Å²) in [6, 6.07) is 39.3. The molecule has 6 aromatic rings. The maximum atomic E-state index is 9.63. The molecular formula is C32H22N4. The number of hydrogen-bond donors (Lipinski definition) is 0. The summed E-state index contributed by atoms with van der Waals surface area (Å²) in [5, 5.41) is 21.2. The van der Waals surface area contributed by atoms with Crippen LogP contribution in [0.3, 0.4) is 0 Å². The monoisotopic (exact) mass is 462 g/mol. The van der Waals surface area contributed by atoms with Crippen LogP contribution in [0.25, 0.3) is 33.1 Å². The van der Waals surface area contributed by atoms with Gasteiger partial charge in [-0.15, -0.1) is 0 Å². The average molecular weight is 463 g/mol. The van der Waals surface area contributed by atoms with Gasteiger partial charge in [0.25, 0.3) is 0 Å². The van der Waals surface area contributed by atoms with Gasteiger partial charge in [-0.25, -0.2) is 0 Å². The van der Waals surface area contributed by atoms with E-state index in [0.29, 0.717) is 17.7 Å². The molecule has 4 aromatic carbocycles. The van der Waals surface area contributed by atoms with Crippen LogP contribution in [0.4, 0.5) is 0 Å². The van der Waals surface area contributed by atoms with Gasteiger partial charge >= 0.3 is 0 Å². The minimum atomic E-state index is 0.638. The fourth-order valence-electron chi connectivity index (χ4n) is 4.98. The highest BCUT2D eigenvalue weighted by Crippen LogP contribution is 2.36. The number of hydrogen-bond acceptors (Lipinski definition) is 2. The van der Waals surface area contributed by atoms with Gasteiger partial charge in [0, 0.05) is 46.7 Å². The number of benzene rings is 4. The Kier molecular flexibility index (Phi) is 5.34. The van der Waals surface area contributed by atoms with E-state index in [-0.39, 0.29) is 0 Å². The molecule has 0 radical (unpaired) electrons. The molecule has 2 heterocycles. The zero-order valence-corrected chi connectivity index (χ0v) is 19.6. The second-order valence-corrected chi connectivity index (χ2v) is 8.99. The van der Waals surface area contributed by atoms with E-state index < -0.39 is 0 Å². The van der Waals surface area contributed by atoms with Crippen molar-refractivity contribution in [2.45, 2.75) is 13.1 Å². The first-order valence-corrected chi connectivity index (χ1v) is 11.9.